The minimum atomic E-state index is -0.347. The number of halogens is 2. The van der Waals surface area contributed by atoms with Crippen molar-refractivity contribution in [2.45, 2.75) is 43.5 Å². The molecule has 0 saturated carbocycles. The second kappa shape index (κ2) is 5.22. The smallest absolute Gasteiger partial charge is 0.0568 e. The first kappa shape index (κ1) is 10.5. The molecule has 2 atom stereocenters. The maximum absolute atomic E-state index is 9.22. The van der Waals surface area contributed by atoms with Gasteiger partial charge in [0.2, 0.25) is 0 Å². The first-order chi connectivity index (χ1) is 4.52. The van der Waals surface area contributed by atoms with Crippen molar-refractivity contribution >= 4 is 23.2 Å². The summed E-state index contributed by atoms with van der Waals surface area (Å²) in [5.41, 5.74) is 0. The van der Waals surface area contributed by atoms with Crippen LogP contribution < -0.4 is 0 Å². The van der Waals surface area contributed by atoms with Gasteiger partial charge in [0, 0.05) is 10.8 Å². The molecule has 10 heavy (non-hydrogen) atoms. The molecule has 0 aliphatic carbocycles. The molecule has 0 saturated heterocycles. The van der Waals surface area contributed by atoms with Gasteiger partial charge < -0.3 is 5.11 Å². The Labute approximate surface area is 72.3 Å². The van der Waals surface area contributed by atoms with E-state index in [0.717, 1.165) is 0 Å². The molecule has 0 aromatic rings. The third kappa shape index (κ3) is 6.66. The summed E-state index contributed by atoms with van der Waals surface area (Å²) in [5, 5.41) is 9.29. The zero-order chi connectivity index (χ0) is 8.15. The van der Waals surface area contributed by atoms with Crippen LogP contribution in [-0.2, 0) is 0 Å². The number of aliphatic hydroxyl groups excluding tert-OH is 1. The molecule has 1 nitrogen and oxygen atoms in total. The van der Waals surface area contributed by atoms with E-state index >= 15 is 0 Å². The Kier molecular flexibility index (Phi) is 5.51. The summed E-state index contributed by atoms with van der Waals surface area (Å²) in [4.78, 5) is 0. The number of aliphatic hydroxyl groups is 1. The van der Waals surface area contributed by atoms with E-state index in [1.54, 1.807) is 0 Å². The molecule has 0 heterocycles. The molecular formula is C7H14Cl2O. The fourth-order valence-electron chi connectivity index (χ4n) is 0.846. The normalized spacial score (nSPS) is 20.1. The second-order valence-corrected chi connectivity index (χ2v) is 4.18. The summed E-state index contributed by atoms with van der Waals surface area (Å²) < 4.78 is 0. The molecule has 0 radical (unpaired) electrons. The average molecular weight is 185 g/mol. The van der Waals surface area contributed by atoms with Gasteiger partial charge in [-0.25, -0.2) is 0 Å². The molecule has 0 rings (SSSR count). The van der Waals surface area contributed by atoms with E-state index in [4.69, 9.17) is 23.2 Å². The lowest BCUT2D eigenvalue weighted by Gasteiger charge is -2.12. The SMILES string of the molecule is CC(Cl)CC(O)CC(C)Cl. The van der Waals surface area contributed by atoms with Crippen LogP contribution in [0.2, 0.25) is 0 Å². The Bertz CT molecular complexity index is 73.7. The van der Waals surface area contributed by atoms with Crippen LogP contribution in [0.4, 0.5) is 0 Å². The maximum atomic E-state index is 9.22. The van der Waals surface area contributed by atoms with Gasteiger partial charge in [0.05, 0.1) is 6.10 Å². The molecule has 0 spiro atoms. The molecule has 0 aliphatic heterocycles. The largest absolute Gasteiger partial charge is 0.393 e. The van der Waals surface area contributed by atoms with Crippen molar-refractivity contribution in [3.05, 3.63) is 0 Å². The van der Waals surface area contributed by atoms with E-state index < -0.39 is 0 Å². The molecule has 0 aromatic carbocycles. The summed E-state index contributed by atoms with van der Waals surface area (Å²) in [5.74, 6) is 0. The van der Waals surface area contributed by atoms with E-state index in [2.05, 4.69) is 0 Å². The van der Waals surface area contributed by atoms with Crippen molar-refractivity contribution < 1.29 is 5.11 Å². The van der Waals surface area contributed by atoms with E-state index in [1.165, 1.54) is 0 Å². The lowest BCUT2D eigenvalue weighted by molar-refractivity contribution is 0.155. The molecule has 3 heteroatoms. The molecule has 0 bridgehead atoms. The van der Waals surface area contributed by atoms with Gasteiger partial charge in [-0.2, -0.15) is 0 Å². The van der Waals surface area contributed by atoms with Gasteiger partial charge in [-0.1, -0.05) is 0 Å². The molecule has 0 aromatic heterocycles. The highest BCUT2D eigenvalue weighted by Gasteiger charge is 2.10. The minimum absolute atomic E-state index is 0.0328. The highest BCUT2D eigenvalue weighted by Crippen LogP contribution is 2.11. The number of hydrogen-bond donors (Lipinski definition) is 1. The van der Waals surface area contributed by atoms with Crippen LogP contribution in [0.1, 0.15) is 26.7 Å². The summed E-state index contributed by atoms with van der Waals surface area (Å²) in [7, 11) is 0. The van der Waals surface area contributed by atoms with Crippen LogP contribution in [0, 0.1) is 0 Å². The average Bonchev–Trinajstić information content (AvgIpc) is 1.58. The van der Waals surface area contributed by atoms with Crippen molar-refractivity contribution in [3.8, 4) is 0 Å². The molecule has 2 unspecified atom stereocenters. The predicted octanol–water partition coefficient (Wildman–Crippen LogP) is 2.38. The van der Waals surface area contributed by atoms with Gasteiger partial charge in [0.15, 0.2) is 0 Å². The van der Waals surface area contributed by atoms with Gasteiger partial charge in [-0.15, -0.1) is 23.2 Å². The number of rotatable bonds is 4. The lowest BCUT2D eigenvalue weighted by atomic mass is 10.1. The number of alkyl halides is 2. The molecule has 0 aliphatic rings. The van der Waals surface area contributed by atoms with Gasteiger partial charge in [-0.3, -0.25) is 0 Å². The Morgan fingerprint density at radius 3 is 1.60 bits per heavy atom. The zero-order valence-electron chi connectivity index (χ0n) is 6.35. The fraction of sp³-hybridized carbons (Fsp3) is 1.00. The van der Waals surface area contributed by atoms with E-state index in [-0.39, 0.29) is 16.9 Å². The summed E-state index contributed by atoms with van der Waals surface area (Å²) >= 11 is 11.3. The van der Waals surface area contributed by atoms with Crippen molar-refractivity contribution in [2.75, 3.05) is 0 Å². The fourth-order valence-corrected chi connectivity index (χ4v) is 1.26. The van der Waals surface area contributed by atoms with E-state index in [9.17, 15) is 5.11 Å². The molecule has 0 amide bonds. The molecule has 1 N–H and O–H groups in total. The van der Waals surface area contributed by atoms with E-state index in [0.29, 0.717) is 12.8 Å². The highest BCUT2D eigenvalue weighted by molar-refractivity contribution is 6.20. The van der Waals surface area contributed by atoms with Crippen molar-refractivity contribution in [2.24, 2.45) is 0 Å². The molecule has 0 fully saturated rings. The van der Waals surface area contributed by atoms with E-state index in [1.807, 2.05) is 13.8 Å². The van der Waals surface area contributed by atoms with Crippen LogP contribution in [0.25, 0.3) is 0 Å². The Hall–Kier alpha value is 0.540. The predicted molar refractivity (Wildman–Crippen MR) is 45.9 cm³/mol. The first-order valence-corrected chi connectivity index (χ1v) is 4.36. The minimum Gasteiger partial charge on any atom is -0.393 e. The van der Waals surface area contributed by atoms with Crippen LogP contribution in [0.3, 0.4) is 0 Å². The maximum Gasteiger partial charge on any atom is 0.0568 e. The molecular weight excluding hydrogens is 171 g/mol. The lowest BCUT2D eigenvalue weighted by Crippen LogP contribution is -2.15. The Balaban J connectivity index is 3.34. The van der Waals surface area contributed by atoms with Crippen molar-refractivity contribution in [3.63, 3.8) is 0 Å². The van der Waals surface area contributed by atoms with Crippen LogP contribution in [-0.4, -0.2) is 22.0 Å². The van der Waals surface area contributed by atoms with Gasteiger partial charge >= 0.3 is 0 Å². The monoisotopic (exact) mass is 184 g/mol. The van der Waals surface area contributed by atoms with Crippen LogP contribution in [0.5, 0.6) is 0 Å². The van der Waals surface area contributed by atoms with Crippen LogP contribution >= 0.6 is 23.2 Å². The Morgan fingerprint density at radius 2 is 1.40 bits per heavy atom. The topological polar surface area (TPSA) is 20.2 Å². The standard InChI is InChI=1S/C7H14Cl2O/c1-5(8)3-7(10)4-6(2)9/h5-7,10H,3-4H2,1-2H3. The van der Waals surface area contributed by atoms with Gasteiger partial charge in [-0.05, 0) is 26.7 Å². The molecule has 62 valence electrons. The quantitative estimate of drug-likeness (QED) is 0.666. The third-order valence-corrected chi connectivity index (χ3v) is 1.55. The first-order valence-electron chi connectivity index (χ1n) is 3.48. The zero-order valence-corrected chi connectivity index (χ0v) is 7.86. The van der Waals surface area contributed by atoms with Gasteiger partial charge in [0.25, 0.3) is 0 Å². The third-order valence-electron chi connectivity index (χ3n) is 1.19. The number of hydrogen-bond acceptors (Lipinski definition) is 1. The summed E-state index contributed by atoms with van der Waals surface area (Å²) in [6.07, 6.45) is 0.900. The highest BCUT2D eigenvalue weighted by atomic mass is 35.5. The summed E-state index contributed by atoms with van der Waals surface area (Å²) in [6.45, 7) is 3.73. The van der Waals surface area contributed by atoms with Crippen molar-refractivity contribution in [1.82, 2.24) is 0 Å². The summed E-state index contributed by atoms with van der Waals surface area (Å²) in [6, 6.07) is 0. The van der Waals surface area contributed by atoms with Gasteiger partial charge in [0.1, 0.15) is 0 Å². The van der Waals surface area contributed by atoms with Crippen LogP contribution in [0.15, 0.2) is 0 Å². The Morgan fingerprint density at radius 1 is 1.10 bits per heavy atom. The second-order valence-electron chi connectivity index (χ2n) is 2.69. The van der Waals surface area contributed by atoms with Crippen molar-refractivity contribution in [1.29, 1.82) is 0 Å².